The molecule has 2 nitrogen and oxygen atoms in total. The number of thiophene rings is 1. The second-order valence-corrected chi connectivity index (χ2v) is 8.63. The van der Waals surface area contributed by atoms with Crippen LogP contribution in [0.4, 0.5) is 11.4 Å². The van der Waals surface area contributed by atoms with Crippen molar-refractivity contribution in [2.75, 3.05) is 5.32 Å². The highest BCUT2D eigenvalue weighted by atomic mass is 32.1. The van der Waals surface area contributed by atoms with E-state index in [0.29, 0.717) is 5.92 Å². The Morgan fingerprint density at radius 1 is 0.862 bits per heavy atom. The smallest absolute Gasteiger partial charge is 0.0562 e. The third-order valence-corrected chi connectivity index (χ3v) is 6.32. The highest BCUT2D eigenvalue weighted by molar-refractivity contribution is 7.08. The van der Waals surface area contributed by atoms with Crippen molar-refractivity contribution in [2.45, 2.75) is 26.7 Å². The van der Waals surface area contributed by atoms with Gasteiger partial charge in [-0.05, 0) is 53.6 Å². The van der Waals surface area contributed by atoms with Crippen LogP contribution in [-0.4, -0.2) is 4.57 Å². The number of para-hydroxylation sites is 2. The van der Waals surface area contributed by atoms with Gasteiger partial charge in [-0.2, -0.15) is 11.3 Å². The van der Waals surface area contributed by atoms with E-state index in [1.54, 1.807) is 11.3 Å². The summed E-state index contributed by atoms with van der Waals surface area (Å²) < 4.78 is 2.43. The minimum Gasteiger partial charge on any atom is -0.354 e. The van der Waals surface area contributed by atoms with Crippen LogP contribution in [-0.2, 0) is 0 Å². The molecule has 0 atom stereocenters. The van der Waals surface area contributed by atoms with E-state index in [4.69, 9.17) is 0 Å². The molecule has 5 rings (SSSR count). The minimum absolute atomic E-state index is 0.455. The van der Waals surface area contributed by atoms with Gasteiger partial charge in [-0.25, -0.2) is 0 Å². The van der Waals surface area contributed by atoms with Gasteiger partial charge < -0.3 is 9.88 Å². The molecule has 5 aromatic rings. The molecule has 0 aliphatic carbocycles. The first-order valence-corrected chi connectivity index (χ1v) is 11.0. The van der Waals surface area contributed by atoms with Gasteiger partial charge in [-0.1, -0.05) is 56.3 Å². The molecular formula is C26H24N2S. The molecule has 0 spiro atoms. The zero-order valence-electron chi connectivity index (χ0n) is 16.9. The molecule has 29 heavy (non-hydrogen) atoms. The zero-order chi connectivity index (χ0) is 20.0. The first kappa shape index (κ1) is 18.0. The van der Waals surface area contributed by atoms with Gasteiger partial charge in [0.1, 0.15) is 0 Å². The molecule has 3 heteroatoms. The predicted octanol–water partition coefficient (Wildman–Crippen LogP) is 8.02. The van der Waals surface area contributed by atoms with Crippen LogP contribution in [0.15, 0.2) is 77.5 Å². The molecule has 0 aliphatic heterocycles. The van der Waals surface area contributed by atoms with E-state index in [1.165, 1.54) is 44.3 Å². The predicted molar refractivity (Wildman–Crippen MR) is 127 cm³/mol. The van der Waals surface area contributed by atoms with Gasteiger partial charge in [0.2, 0.25) is 0 Å². The number of fused-ring (bicyclic) bond motifs is 3. The van der Waals surface area contributed by atoms with Crippen LogP contribution in [0.3, 0.4) is 0 Å². The Bertz CT molecular complexity index is 1310. The Balaban J connectivity index is 1.89. The highest BCUT2D eigenvalue weighted by Crippen LogP contribution is 2.40. The number of rotatable bonds is 4. The summed E-state index contributed by atoms with van der Waals surface area (Å²) in [6.07, 6.45) is 0. The Morgan fingerprint density at radius 3 is 2.45 bits per heavy atom. The number of benzene rings is 3. The summed E-state index contributed by atoms with van der Waals surface area (Å²) in [7, 11) is 0. The second kappa shape index (κ2) is 7.09. The molecule has 0 saturated heterocycles. The fraction of sp³-hybridized carbons (Fsp3) is 0.154. The summed E-state index contributed by atoms with van der Waals surface area (Å²) in [5.74, 6) is 0.455. The molecule has 0 fully saturated rings. The van der Waals surface area contributed by atoms with Crippen molar-refractivity contribution in [1.29, 1.82) is 0 Å². The summed E-state index contributed by atoms with van der Waals surface area (Å²) in [5.41, 5.74) is 8.70. The molecule has 2 aromatic heterocycles. The number of aryl methyl sites for hydroxylation is 1. The topological polar surface area (TPSA) is 17.0 Å². The Kier molecular flexibility index (Phi) is 4.40. The second-order valence-electron chi connectivity index (χ2n) is 7.85. The van der Waals surface area contributed by atoms with Crippen molar-refractivity contribution >= 4 is 44.5 Å². The van der Waals surface area contributed by atoms with Gasteiger partial charge in [0, 0.05) is 27.5 Å². The maximum absolute atomic E-state index is 3.69. The molecule has 1 N–H and O–H groups in total. The molecule has 3 aromatic carbocycles. The molecule has 144 valence electrons. The van der Waals surface area contributed by atoms with Crippen LogP contribution < -0.4 is 5.32 Å². The van der Waals surface area contributed by atoms with Gasteiger partial charge in [0.05, 0.1) is 16.7 Å². The summed E-state index contributed by atoms with van der Waals surface area (Å²) in [5, 5.41) is 10.5. The zero-order valence-corrected chi connectivity index (χ0v) is 17.8. The molecule has 0 radical (unpaired) electrons. The molecule has 0 aliphatic rings. The lowest BCUT2D eigenvalue weighted by molar-refractivity contribution is 0.854. The van der Waals surface area contributed by atoms with E-state index in [2.05, 4.69) is 108 Å². The standard InChI is InChI=1S/C26H24N2S/c1-17(2)20-8-4-6-10-22(20)28-23-11-7-5-9-21(23)25-24(28)13-12-18(3)26(25)27-19-14-15-29-16-19/h4-17,27H,1-3H3. The third-order valence-electron chi connectivity index (χ3n) is 5.64. The third kappa shape index (κ3) is 2.93. The Hall–Kier alpha value is -3.04. The number of nitrogens with zero attached hydrogens (tertiary/aromatic N) is 1. The van der Waals surface area contributed by atoms with Gasteiger partial charge in [0.15, 0.2) is 0 Å². The van der Waals surface area contributed by atoms with E-state index in [1.807, 2.05) is 0 Å². The number of anilines is 2. The van der Waals surface area contributed by atoms with E-state index in [0.717, 1.165) is 5.69 Å². The van der Waals surface area contributed by atoms with Crippen LogP contribution >= 0.6 is 11.3 Å². The van der Waals surface area contributed by atoms with Crippen molar-refractivity contribution in [3.05, 3.63) is 88.6 Å². The van der Waals surface area contributed by atoms with Crippen molar-refractivity contribution in [3.63, 3.8) is 0 Å². The maximum atomic E-state index is 3.69. The normalized spacial score (nSPS) is 11.6. The first-order chi connectivity index (χ1) is 14.1. The van der Waals surface area contributed by atoms with Gasteiger partial charge in [0.25, 0.3) is 0 Å². The van der Waals surface area contributed by atoms with Gasteiger partial charge in [-0.15, -0.1) is 0 Å². The van der Waals surface area contributed by atoms with Gasteiger partial charge >= 0.3 is 0 Å². The molecule has 0 saturated carbocycles. The van der Waals surface area contributed by atoms with Crippen molar-refractivity contribution in [1.82, 2.24) is 4.57 Å². The van der Waals surface area contributed by atoms with E-state index in [-0.39, 0.29) is 0 Å². The lowest BCUT2D eigenvalue weighted by Crippen LogP contribution is -2.01. The summed E-state index contributed by atoms with van der Waals surface area (Å²) in [6.45, 7) is 6.71. The number of aromatic nitrogens is 1. The summed E-state index contributed by atoms with van der Waals surface area (Å²) >= 11 is 1.71. The van der Waals surface area contributed by atoms with Gasteiger partial charge in [-0.3, -0.25) is 0 Å². The lowest BCUT2D eigenvalue weighted by Gasteiger charge is -2.16. The summed E-state index contributed by atoms with van der Waals surface area (Å²) in [6, 6.07) is 24.1. The number of hydrogen-bond acceptors (Lipinski definition) is 2. The summed E-state index contributed by atoms with van der Waals surface area (Å²) in [4.78, 5) is 0. The van der Waals surface area contributed by atoms with Crippen LogP contribution in [0, 0.1) is 6.92 Å². The average molecular weight is 397 g/mol. The van der Waals surface area contributed by atoms with E-state index >= 15 is 0 Å². The molecule has 2 heterocycles. The molecular weight excluding hydrogens is 372 g/mol. The van der Waals surface area contributed by atoms with Crippen LogP contribution in [0.1, 0.15) is 30.9 Å². The Morgan fingerprint density at radius 2 is 1.66 bits per heavy atom. The van der Waals surface area contributed by atoms with Crippen LogP contribution in [0.5, 0.6) is 0 Å². The fourth-order valence-corrected chi connectivity index (χ4v) is 4.83. The van der Waals surface area contributed by atoms with Crippen molar-refractivity contribution in [3.8, 4) is 5.69 Å². The Labute approximate surface area is 175 Å². The molecule has 0 amide bonds. The molecule has 0 unspecified atom stereocenters. The quantitative estimate of drug-likeness (QED) is 0.325. The van der Waals surface area contributed by atoms with E-state index < -0.39 is 0 Å². The number of hydrogen-bond donors (Lipinski definition) is 1. The van der Waals surface area contributed by atoms with Crippen molar-refractivity contribution in [2.24, 2.45) is 0 Å². The maximum Gasteiger partial charge on any atom is 0.0562 e. The SMILES string of the molecule is Cc1ccc2c(c1Nc1ccsc1)c1ccccc1n2-c1ccccc1C(C)C. The first-order valence-electron chi connectivity index (χ1n) is 10.1. The molecule has 0 bridgehead atoms. The van der Waals surface area contributed by atoms with Crippen LogP contribution in [0.2, 0.25) is 0 Å². The highest BCUT2D eigenvalue weighted by Gasteiger charge is 2.18. The monoisotopic (exact) mass is 396 g/mol. The average Bonchev–Trinajstić information content (AvgIpc) is 3.36. The number of nitrogens with one attached hydrogen (secondary N) is 1. The van der Waals surface area contributed by atoms with E-state index in [9.17, 15) is 0 Å². The largest absolute Gasteiger partial charge is 0.354 e. The minimum atomic E-state index is 0.455. The van der Waals surface area contributed by atoms with Crippen LogP contribution in [0.25, 0.3) is 27.5 Å². The lowest BCUT2D eigenvalue weighted by atomic mass is 10.0. The van der Waals surface area contributed by atoms with Crippen molar-refractivity contribution < 1.29 is 0 Å². The fourth-order valence-electron chi connectivity index (χ4n) is 4.24.